The number of methoxy groups -OCH3 is 1. The topological polar surface area (TPSA) is 276 Å². The first-order valence-electron chi connectivity index (χ1n) is 13.1. The van der Waals surface area contributed by atoms with E-state index >= 15 is 0 Å². The van der Waals surface area contributed by atoms with Gasteiger partial charge in [-0.1, -0.05) is 0 Å². The number of hydrogen-bond donors (Lipinski definition) is 4. The molecule has 1 aromatic heterocycles. The molecule has 1 aliphatic heterocycles. The van der Waals surface area contributed by atoms with Crippen LogP contribution in [0.1, 0.15) is 44.5 Å². The lowest BCUT2D eigenvalue weighted by Crippen LogP contribution is -2.50. The third-order valence-electron chi connectivity index (χ3n) is 5.98. The molecule has 21 heteroatoms. The Kier molecular flexibility index (Phi) is 13.3. The van der Waals surface area contributed by atoms with E-state index in [9.17, 15) is 38.8 Å². The van der Waals surface area contributed by atoms with E-state index in [4.69, 9.17) is 33.7 Å². The van der Waals surface area contributed by atoms with E-state index in [2.05, 4.69) is 19.9 Å². The van der Waals surface area contributed by atoms with Crippen LogP contribution < -0.4 is 10.8 Å². The SMILES string of the molecule is CCOC(=O)C(COC(C)=O)(COP(=O)(N[C@@H](C)C(=O)OC)OC[C@H]1O[C@@H](n2cnc(C(N)=O)n2)C(O)C1O)C(=O)OCC. The van der Waals surface area contributed by atoms with Gasteiger partial charge in [-0.05, 0) is 20.8 Å². The summed E-state index contributed by atoms with van der Waals surface area (Å²) in [7, 11) is -3.73. The molecule has 248 valence electrons. The smallest absolute Gasteiger partial charge is 0.406 e. The van der Waals surface area contributed by atoms with E-state index in [0.717, 1.165) is 25.0 Å². The minimum Gasteiger partial charge on any atom is -0.468 e. The summed E-state index contributed by atoms with van der Waals surface area (Å²) < 4.78 is 50.7. The van der Waals surface area contributed by atoms with E-state index in [-0.39, 0.29) is 13.2 Å². The molecule has 0 bridgehead atoms. The van der Waals surface area contributed by atoms with Crippen LogP contribution in [0.4, 0.5) is 0 Å². The number of nitrogens with two attached hydrogens (primary N) is 1. The van der Waals surface area contributed by atoms with Crippen LogP contribution >= 0.6 is 7.75 Å². The molecule has 5 N–H and O–H groups in total. The van der Waals surface area contributed by atoms with E-state index in [1.165, 1.54) is 20.8 Å². The van der Waals surface area contributed by atoms with Gasteiger partial charge in [-0.25, -0.2) is 19.3 Å². The first kappa shape index (κ1) is 36.7. The zero-order valence-electron chi connectivity index (χ0n) is 24.6. The Morgan fingerprint density at radius 2 is 1.70 bits per heavy atom. The summed E-state index contributed by atoms with van der Waals surface area (Å²) in [5.41, 5.74) is 2.64. The van der Waals surface area contributed by atoms with Gasteiger partial charge in [0.15, 0.2) is 6.23 Å². The number of rotatable bonds is 17. The van der Waals surface area contributed by atoms with Crippen molar-refractivity contribution < 1.29 is 71.5 Å². The number of amides is 1. The van der Waals surface area contributed by atoms with Gasteiger partial charge in [-0.15, -0.1) is 5.10 Å². The van der Waals surface area contributed by atoms with Crippen molar-refractivity contribution in [2.75, 3.05) is 40.1 Å². The molecule has 44 heavy (non-hydrogen) atoms. The standard InChI is InChI=1S/C23H36N5O15P/c1-6-38-21(34)23(9-40-13(4)29,22(35)39-7-2)10-42-44(36,27-12(3)20(33)37-5)41-8-14-15(30)16(31)19(43-14)28-11-25-18(26-28)17(24)32/h11-12,14-16,19,30-31H,6-10H2,1-5H3,(H2,24,32)(H,27,36)/t12-,14+,15?,16?,19+,44?/m0/s1. The summed E-state index contributed by atoms with van der Waals surface area (Å²) in [5, 5.41) is 27.1. The summed E-state index contributed by atoms with van der Waals surface area (Å²) >= 11 is 0. The lowest BCUT2D eigenvalue weighted by Gasteiger charge is -2.30. The van der Waals surface area contributed by atoms with Gasteiger partial charge < -0.3 is 39.6 Å². The van der Waals surface area contributed by atoms with Crippen molar-refractivity contribution in [3.63, 3.8) is 0 Å². The number of aliphatic hydroxyl groups excluding tert-OH is 2. The molecule has 6 atom stereocenters. The van der Waals surface area contributed by atoms with Gasteiger partial charge >= 0.3 is 31.6 Å². The molecule has 1 amide bonds. The van der Waals surface area contributed by atoms with E-state index in [1.54, 1.807) is 0 Å². The molecule has 1 aromatic rings. The van der Waals surface area contributed by atoms with Crippen LogP contribution in [0, 0.1) is 5.41 Å². The Morgan fingerprint density at radius 3 is 2.20 bits per heavy atom. The normalized spacial score (nSPS) is 22.0. The fraction of sp³-hybridized carbons (Fsp3) is 0.696. The number of aliphatic hydroxyl groups is 2. The number of primary amides is 1. The molecule has 0 aliphatic carbocycles. The molecule has 1 saturated heterocycles. The first-order valence-corrected chi connectivity index (χ1v) is 14.6. The summed E-state index contributed by atoms with van der Waals surface area (Å²) in [4.78, 5) is 64.7. The molecule has 0 aromatic carbocycles. The highest BCUT2D eigenvalue weighted by Crippen LogP contribution is 2.47. The second kappa shape index (κ2) is 16.0. The zero-order chi connectivity index (χ0) is 33.2. The van der Waals surface area contributed by atoms with Gasteiger partial charge in [-0.2, -0.15) is 0 Å². The highest BCUT2D eigenvalue weighted by Gasteiger charge is 2.53. The molecule has 0 saturated carbocycles. The predicted octanol–water partition coefficient (Wildman–Crippen LogP) is -2.04. The average molecular weight is 654 g/mol. The minimum atomic E-state index is -4.78. The van der Waals surface area contributed by atoms with Gasteiger partial charge in [0.25, 0.3) is 5.91 Å². The molecule has 0 spiro atoms. The zero-order valence-corrected chi connectivity index (χ0v) is 25.5. The molecule has 3 unspecified atom stereocenters. The fourth-order valence-electron chi connectivity index (χ4n) is 3.66. The maximum Gasteiger partial charge on any atom is 0.406 e. The van der Waals surface area contributed by atoms with Crippen LogP contribution in [0.25, 0.3) is 0 Å². The van der Waals surface area contributed by atoms with Crippen LogP contribution in [0.2, 0.25) is 0 Å². The summed E-state index contributed by atoms with van der Waals surface area (Å²) in [6, 6.07) is -1.35. The van der Waals surface area contributed by atoms with E-state index in [0.29, 0.717) is 0 Å². The highest BCUT2D eigenvalue weighted by atomic mass is 31.2. The average Bonchev–Trinajstić information content (AvgIpc) is 3.57. The Hall–Kier alpha value is -3.52. The van der Waals surface area contributed by atoms with Crippen LogP contribution in [0.3, 0.4) is 0 Å². The summed E-state index contributed by atoms with van der Waals surface area (Å²) in [6.45, 7) is 1.89. The number of nitrogens with one attached hydrogen (secondary N) is 1. The molecule has 0 radical (unpaired) electrons. The van der Waals surface area contributed by atoms with Crippen LogP contribution in [0.5, 0.6) is 0 Å². The maximum absolute atomic E-state index is 13.9. The largest absolute Gasteiger partial charge is 0.468 e. The number of esters is 4. The number of aromatic nitrogens is 3. The van der Waals surface area contributed by atoms with Crippen molar-refractivity contribution >= 4 is 37.5 Å². The van der Waals surface area contributed by atoms with E-state index < -0.39 is 99.2 Å². The monoisotopic (exact) mass is 653 g/mol. The van der Waals surface area contributed by atoms with Crippen molar-refractivity contribution in [3.8, 4) is 0 Å². The maximum atomic E-state index is 13.9. The number of nitrogens with zero attached hydrogens (tertiary/aromatic N) is 3. The molecule has 20 nitrogen and oxygen atoms in total. The summed E-state index contributed by atoms with van der Waals surface area (Å²) in [6.07, 6.45) is -5.09. The number of carbonyl (C=O) groups excluding carboxylic acids is 5. The van der Waals surface area contributed by atoms with Gasteiger partial charge in [0, 0.05) is 6.92 Å². The lowest BCUT2D eigenvalue weighted by molar-refractivity contribution is -0.181. The Bertz CT molecular complexity index is 1220. The quantitative estimate of drug-likeness (QED) is 0.0610. The third kappa shape index (κ3) is 9.00. The fourth-order valence-corrected chi connectivity index (χ4v) is 5.20. The molecular weight excluding hydrogens is 617 g/mol. The molecule has 1 fully saturated rings. The summed E-state index contributed by atoms with van der Waals surface area (Å²) in [5.74, 6) is -5.63. The van der Waals surface area contributed by atoms with Gasteiger partial charge in [0.2, 0.25) is 11.2 Å². The Labute approximate surface area is 251 Å². The van der Waals surface area contributed by atoms with Crippen LogP contribution in [-0.2, 0) is 56.5 Å². The van der Waals surface area contributed by atoms with Crippen molar-refractivity contribution in [1.29, 1.82) is 0 Å². The van der Waals surface area contributed by atoms with Crippen molar-refractivity contribution in [2.45, 2.75) is 58.3 Å². The first-order chi connectivity index (χ1) is 20.6. The Morgan fingerprint density at radius 1 is 1.09 bits per heavy atom. The number of ether oxygens (including phenoxy) is 5. The predicted molar refractivity (Wildman–Crippen MR) is 141 cm³/mol. The Balaban J connectivity index is 2.36. The molecular formula is C23H36N5O15P. The van der Waals surface area contributed by atoms with Crippen LogP contribution in [0.15, 0.2) is 6.33 Å². The number of carbonyl (C=O) groups is 5. The lowest BCUT2D eigenvalue weighted by atomic mass is 9.90. The van der Waals surface area contributed by atoms with E-state index in [1.807, 2.05) is 0 Å². The highest BCUT2D eigenvalue weighted by molar-refractivity contribution is 7.51. The van der Waals surface area contributed by atoms with Gasteiger partial charge in [0.1, 0.15) is 37.3 Å². The van der Waals surface area contributed by atoms with Gasteiger partial charge in [0.05, 0.1) is 33.5 Å². The van der Waals surface area contributed by atoms with Crippen molar-refractivity contribution in [2.24, 2.45) is 11.1 Å². The van der Waals surface area contributed by atoms with Crippen molar-refractivity contribution in [1.82, 2.24) is 19.9 Å². The number of hydrogen-bond acceptors (Lipinski definition) is 17. The second-order valence-electron chi connectivity index (χ2n) is 9.20. The molecule has 1 aliphatic rings. The molecule has 2 rings (SSSR count). The van der Waals surface area contributed by atoms with Crippen molar-refractivity contribution in [3.05, 3.63) is 12.2 Å². The van der Waals surface area contributed by atoms with Crippen LogP contribution in [-0.4, -0.2) is 119 Å². The molecule has 2 heterocycles. The minimum absolute atomic E-state index is 0.209. The van der Waals surface area contributed by atoms with Gasteiger partial charge in [-0.3, -0.25) is 33.0 Å². The second-order valence-corrected chi connectivity index (χ2v) is 11.0. The third-order valence-corrected chi connectivity index (χ3v) is 7.64.